The molecule has 0 fully saturated rings. The molecule has 0 aromatic heterocycles. The quantitative estimate of drug-likeness (QED) is 0.250. The molecule has 0 saturated carbocycles. The topological polar surface area (TPSA) is 66.4 Å². The predicted molar refractivity (Wildman–Crippen MR) is 109 cm³/mol. The van der Waals surface area contributed by atoms with Crippen molar-refractivity contribution in [2.75, 3.05) is 6.54 Å². The Balaban J connectivity index is 3.11. The van der Waals surface area contributed by atoms with Crippen LogP contribution in [0.3, 0.4) is 0 Å². The maximum Gasteiger partial charge on any atom is 0.305 e. The molecule has 0 saturated heterocycles. The van der Waals surface area contributed by atoms with E-state index in [1.54, 1.807) is 0 Å². The molecule has 4 nitrogen and oxygen atoms in total. The molecule has 0 aliphatic carbocycles. The van der Waals surface area contributed by atoms with Crippen LogP contribution >= 0.6 is 0 Å². The maximum absolute atomic E-state index is 11.5. The summed E-state index contributed by atoms with van der Waals surface area (Å²) in [4.78, 5) is 21.8. The van der Waals surface area contributed by atoms with Gasteiger partial charge in [-0.1, -0.05) is 103 Å². The van der Waals surface area contributed by atoms with E-state index in [0.717, 1.165) is 12.8 Å². The summed E-state index contributed by atoms with van der Waals surface area (Å²) in [7, 11) is 0. The lowest BCUT2D eigenvalue weighted by Gasteiger charge is -2.04. The highest BCUT2D eigenvalue weighted by Gasteiger charge is 2.02. The van der Waals surface area contributed by atoms with Gasteiger partial charge in [0.2, 0.25) is 5.91 Å². The summed E-state index contributed by atoms with van der Waals surface area (Å²) in [5.41, 5.74) is 0. The van der Waals surface area contributed by atoms with Crippen molar-refractivity contribution in [2.45, 2.75) is 122 Å². The number of carboxylic acid groups (broad SMARTS) is 1. The minimum absolute atomic E-state index is 0.00466. The van der Waals surface area contributed by atoms with Gasteiger partial charge < -0.3 is 10.4 Å². The highest BCUT2D eigenvalue weighted by molar-refractivity contribution is 5.76. The van der Waals surface area contributed by atoms with Crippen LogP contribution in [0.4, 0.5) is 0 Å². The van der Waals surface area contributed by atoms with E-state index in [2.05, 4.69) is 12.2 Å². The van der Waals surface area contributed by atoms with E-state index < -0.39 is 5.97 Å². The summed E-state index contributed by atoms with van der Waals surface area (Å²) in [5.74, 6) is -0.885. The predicted octanol–water partition coefficient (Wildman–Crippen LogP) is 6.23. The van der Waals surface area contributed by atoms with Crippen LogP contribution in [0.5, 0.6) is 0 Å². The lowest BCUT2D eigenvalue weighted by Crippen LogP contribution is -2.25. The van der Waals surface area contributed by atoms with Gasteiger partial charge in [0.1, 0.15) is 0 Å². The molecule has 0 rings (SSSR count). The third-order valence-corrected chi connectivity index (χ3v) is 4.92. The number of amides is 1. The fraction of sp³-hybridized carbons (Fsp3) is 0.909. The fourth-order valence-electron chi connectivity index (χ4n) is 3.23. The van der Waals surface area contributed by atoms with Crippen molar-refractivity contribution >= 4 is 11.9 Å². The van der Waals surface area contributed by atoms with Crippen LogP contribution in [0, 0.1) is 0 Å². The molecule has 0 aromatic rings. The molecule has 0 bridgehead atoms. The van der Waals surface area contributed by atoms with Gasteiger partial charge in [-0.15, -0.1) is 0 Å². The number of carbonyl (C=O) groups is 2. The van der Waals surface area contributed by atoms with Crippen molar-refractivity contribution < 1.29 is 14.7 Å². The summed E-state index contributed by atoms with van der Waals surface area (Å²) < 4.78 is 0. The van der Waals surface area contributed by atoms with Gasteiger partial charge in [0, 0.05) is 13.0 Å². The minimum Gasteiger partial charge on any atom is -0.481 e. The Kier molecular flexibility index (Phi) is 19.4. The normalized spacial score (nSPS) is 10.8. The first-order valence-corrected chi connectivity index (χ1v) is 11.1. The van der Waals surface area contributed by atoms with Gasteiger partial charge >= 0.3 is 5.97 Å². The van der Waals surface area contributed by atoms with Gasteiger partial charge in [-0.3, -0.25) is 9.59 Å². The van der Waals surface area contributed by atoms with Crippen LogP contribution in [0.25, 0.3) is 0 Å². The second-order valence-corrected chi connectivity index (χ2v) is 7.55. The lowest BCUT2D eigenvalue weighted by molar-refractivity contribution is -0.136. The second kappa shape index (κ2) is 20.3. The molecule has 0 unspecified atom stereocenters. The van der Waals surface area contributed by atoms with Crippen LogP contribution in [0.2, 0.25) is 0 Å². The van der Waals surface area contributed by atoms with Gasteiger partial charge in [0.25, 0.3) is 0 Å². The molecule has 26 heavy (non-hydrogen) atoms. The average Bonchev–Trinajstić information content (AvgIpc) is 2.61. The van der Waals surface area contributed by atoms with E-state index in [1.165, 1.54) is 89.9 Å². The number of rotatable bonds is 20. The van der Waals surface area contributed by atoms with Crippen LogP contribution in [0.1, 0.15) is 122 Å². The van der Waals surface area contributed by atoms with Gasteiger partial charge in [0.15, 0.2) is 0 Å². The Morgan fingerprint density at radius 2 is 1.00 bits per heavy atom. The van der Waals surface area contributed by atoms with Crippen molar-refractivity contribution in [3.8, 4) is 0 Å². The zero-order valence-corrected chi connectivity index (χ0v) is 17.2. The highest BCUT2D eigenvalue weighted by atomic mass is 16.4. The lowest BCUT2D eigenvalue weighted by atomic mass is 10.0. The zero-order chi connectivity index (χ0) is 19.3. The first-order chi connectivity index (χ1) is 12.7. The summed E-state index contributed by atoms with van der Waals surface area (Å²) in [6.07, 6.45) is 21.7. The molecular weight excluding hydrogens is 326 g/mol. The number of unbranched alkanes of at least 4 members (excludes halogenated alkanes) is 15. The largest absolute Gasteiger partial charge is 0.481 e. The molecule has 0 aliphatic heterocycles. The molecule has 0 aliphatic rings. The Morgan fingerprint density at radius 3 is 1.38 bits per heavy atom. The third-order valence-electron chi connectivity index (χ3n) is 4.92. The van der Waals surface area contributed by atoms with Gasteiger partial charge in [-0.25, -0.2) is 0 Å². The van der Waals surface area contributed by atoms with Crippen molar-refractivity contribution in [2.24, 2.45) is 0 Å². The van der Waals surface area contributed by atoms with Crippen molar-refractivity contribution in [3.05, 3.63) is 0 Å². The molecule has 0 atom stereocenters. The maximum atomic E-state index is 11.5. The van der Waals surface area contributed by atoms with E-state index in [9.17, 15) is 9.59 Å². The van der Waals surface area contributed by atoms with Crippen LogP contribution < -0.4 is 5.32 Å². The first-order valence-electron chi connectivity index (χ1n) is 11.1. The summed E-state index contributed by atoms with van der Waals surface area (Å²) in [5, 5.41) is 11.1. The van der Waals surface area contributed by atoms with Crippen LogP contribution in [0.15, 0.2) is 0 Å². The van der Waals surface area contributed by atoms with Crippen molar-refractivity contribution in [1.82, 2.24) is 5.32 Å². The Hall–Kier alpha value is -1.06. The molecular formula is C22H43NO3. The van der Waals surface area contributed by atoms with Crippen LogP contribution in [-0.4, -0.2) is 23.5 Å². The van der Waals surface area contributed by atoms with Gasteiger partial charge in [0.05, 0.1) is 6.42 Å². The molecule has 0 aromatic carbocycles. The molecule has 154 valence electrons. The number of hydrogen-bond donors (Lipinski definition) is 2. The number of nitrogens with one attached hydrogen (secondary N) is 1. The molecule has 1 amide bonds. The summed E-state index contributed by atoms with van der Waals surface area (Å²) >= 11 is 0. The average molecular weight is 370 g/mol. The fourth-order valence-corrected chi connectivity index (χ4v) is 3.23. The molecule has 0 heterocycles. The van der Waals surface area contributed by atoms with Gasteiger partial charge in [-0.2, -0.15) is 0 Å². The summed E-state index contributed by atoms with van der Waals surface area (Å²) in [6.45, 7) is 2.51. The van der Waals surface area contributed by atoms with Crippen molar-refractivity contribution in [3.63, 3.8) is 0 Å². The van der Waals surface area contributed by atoms with Gasteiger partial charge in [-0.05, 0) is 6.42 Å². The first kappa shape index (κ1) is 24.9. The Bertz CT molecular complexity index is 331. The van der Waals surface area contributed by atoms with E-state index in [-0.39, 0.29) is 18.9 Å². The number of carbonyl (C=O) groups excluding carboxylic acids is 1. The van der Waals surface area contributed by atoms with Crippen molar-refractivity contribution in [1.29, 1.82) is 0 Å². The number of hydrogen-bond acceptors (Lipinski definition) is 2. The summed E-state index contributed by atoms with van der Waals surface area (Å²) in [6, 6.07) is 0. The zero-order valence-electron chi connectivity index (χ0n) is 17.2. The van der Waals surface area contributed by atoms with Crippen LogP contribution in [-0.2, 0) is 9.59 Å². The third kappa shape index (κ3) is 21.0. The molecule has 0 spiro atoms. The SMILES string of the molecule is CCCCCCCCCCCCCCCCCCC(=O)NCCC(=O)O. The van der Waals surface area contributed by atoms with E-state index >= 15 is 0 Å². The second-order valence-electron chi connectivity index (χ2n) is 7.55. The minimum atomic E-state index is -0.868. The monoisotopic (exact) mass is 369 g/mol. The van der Waals surface area contributed by atoms with E-state index in [1.807, 2.05) is 0 Å². The molecule has 4 heteroatoms. The molecule has 0 radical (unpaired) electrons. The van der Waals surface area contributed by atoms with E-state index in [4.69, 9.17) is 5.11 Å². The highest BCUT2D eigenvalue weighted by Crippen LogP contribution is 2.13. The Morgan fingerprint density at radius 1 is 0.615 bits per heavy atom. The standard InChI is InChI=1S/C22H43NO3/c1-2-3-4-5-6-7-8-9-10-11-12-13-14-15-16-17-18-21(24)23-20-19-22(25)26/h2-20H2,1H3,(H,23,24)(H,25,26). The smallest absolute Gasteiger partial charge is 0.305 e. The Labute approximate surface area is 161 Å². The number of carboxylic acids is 1. The van der Waals surface area contributed by atoms with E-state index in [0.29, 0.717) is 6.42 Å². The molecule has 2 N–H and O–H groups in total. The number of aliphatic carboxylic acids is 1.